The molecular formula is C17H18BClN4O2. The highest BCUT2D eigenvalue weighted by Gasteiger charge is 2.21. The van der Waals surface area contributed by atoms with Crippen molar-refractivity contribution in [3.63, 3.8) is 0 Å². The first-order valence-electron chi connectivity index (χ1n) is 8.34. The van der Waals surface area contributed by atoms with E-state index in [4.69, 9.17) is 21.1 Å². The Hall–Kier alpha value is -2.12. The van der Waals surface area contributed by atoms with Crippen LogP contribution < -0.4 is 10.2 Å². The molecule has 3 heterocycles. The zero-order valence-electron chi connectivity index (χ0n) is 14.2. The van der Waals surface area contributed by atoms with Gasteiger partial charge in [0, 0.05) is 12.2 Å². The summed E-state index contributed by atoms with van der Waals surface area (Å²) in [5, 5.41) is 0.202. The number of rotatable bonds is 3. The Kier molecular flexibility index (Phi) is 4.35. The van der Waals surface area contributed by atoms with Gasteiger partial charge in [-0.05, 0) is 48.5 Å². The lowest BCUT2D eigenvalue weighted by Crippen LogP contribution is -2.17. The largest absolute Gasteiger partial charge is 0.497 e. The second-order valence-electron chi connectivity index (χ2n) is 6.17. The highest BCUT2D eigenvalue weighted by atomic mass is 35.5. The van der Waals surface area contributed by atoms with Crippen molar-refractivity contribution in [3.8, 4) is 17.0 Å². The molecule has 6 nitrogen and oxygen atoms in total. The number of aromatic nitrogens is 4. The quantitative estimate of drug-likeness (QED) is 0.531. The minimum atomic E-state index is -0.0461. The number of halogens is 1. The number of methoxy groups -OCH3 is 1. The molecule has 1 atom stereocenters. The molecule has 0 aliphatic carbocycles. The highest BCUT2D eigenvalue weighted by molar-refractivity contribution is 6.34. The molecule has 0 bridgehead atoms. The summed E-state index contributed by atoms with van der Waals surface area (Å²) in [4.78, 5) is 13.4. The summed E-state index contributed by atoms with van der Waals surface area (Å²) in [6, 6.07) is 5.90. The molecule has 4 rings (SSSR count). The molecule has 2 aromatic heterocycles. The number of imidazole rings is 1. The molecule has 3 aromatic rings. The van der Waals surface area contributed by atoms with Gasteiger partial charge in [0.15, 0.2) is 5.65 Å². The smallest absolute Gasteiger partial charge is 0.225 e. The summed E-state index contributed by atoms with van der Waals surface area (Å²) in [5.74, 6) is 0.835. The van der Waals surface area contributed by atoms with Gasteiger partial charge in [-0.3, -0.25) is 4.57 Å². The van der Waals surface area contributed by atoms with Crippen LogP contribution in [0.25, 0.3) is 22.4 Å². The van der Waals surface area contributed by atoms with E-state index in [0.29, 0.717) is 5.65 Å². The monoisotopic (exact) mass is 356 g/mol. The van der Waals surface area contributed by atoms with Crippen LogP contribution in [0.15, 0.2) is 24.5 Å². The van der Waals surface area contributed by atoms with Crippen LogP contribution in [0.4, 0.5) is 0 Å². The summed E-state index contributed by atoms with van der Waals surface area (Å²) >= 11 is 6.21. The Morgan fingerprint density at radius 1 is 1.32 bits per heavy atom. The molecule has 0 N–H and O–H groups in total. The van der Waals surface area contributed by atoms with E-state index in [0.717, 1.165) is 53.9 Å². The van der Waals surface area contributed by atoms with Crippen LogP contribution in [0.5, 0.6) is 5.75 Å². The van der Waals surface area contributed by atoms with Gasteiger partial charge in [-0.15, -0.1) is 0 Å². The molecule has 128 valence electrons. The maximum absolute atomic E-state index is 6.21. The second-order valence-corrected chi connectivity index (χ2v) is 6.51. The molecule has 1 fully saturated rings. The second kappa shape index (κ2) is 6.65. The van der Waals surface area contributed by atoms with Crippen molar-refractivity contribution in [1.82, 2.24) is 19.5 Å². The topological polar surface area (TPSA) is 62.1 Å². The van der Waals surface area contributed by atoms with E-state index in [1.807, 2.05) is 30.6 Å². The summed E-state index contributed by atoms with van der Waals surface area (Å²) in [6.45, 7) is 0.758. The Morgan fingerprint density at radius 3 is 2.92 bits per heavy atom. The van der Waals surface area contributed by atoms with Gasteiger partial charge in [0.05, 0.1) is 13.4 Å². The maximum atomic E-state index is 6.21. The number of nitrogens with zero attached hydrogens (tertiary/aromatic N) is 4. The van der Waals surface area contributed by atoms with Crippen molar-refractivity contribution in [2.75, 3.05) is 13.7 Å². The Labute approximate surface area is 151 Å². The van der Waals surface area contributed by atoms with E-state index in [9.17, 15) is 0 Å². The lowest BCUT2D eigenvalue weighted by molar-refractivity contribution is -0.0298. The predicted octanol–water partition coefficient (Wildman–Crippen LogP) is 2.11. The molecule has 0 radical (unpaired) electrons. The van der Waals surface area contributed by atoms with E-state index < -0.39 is 0 Å². The number of benzene rings is 1. The Balaban J connectivity index is 1.84. The lowest BCUT2D eigenvalue weighted by Gasteiger charge is -2.23. The summed E-state index contributed by atoms with van der Waals surface area (Å²) in [6.07, 6.45) is 4.90. The van der Waals surface area contributed by atoms with Gasteiger partial charge in [0.2, 0.25) is 5.28 Å². The molecule has 1 unspecified atom stereocenters. The van der Waals surface area contributed by atoms with Crippen LogP contribution in [0.3, 0.4) is 0 Å². The normalized spacial score (nSPS) is 17.8. The van der Waals surface area contributed by atoms with Crippen LogP contribution in [-0.4, -0.2) is 41.1 Å². The van der Waals surface area contributed by atoms with Crippen LogP contribution in [0.1, 0.15) is 25.5 Å². The first-order valence-corrected chi connectivity index (χ1v) is 8.72. The average Bonchev–Trinajstić information content (AvgIpc) is 3.05. The SMILES string of the molecule is Bc1cc(-c2nc(Cl)nc3c2ncn3C2CCCCO2)ccc1OC. The van der Waals surface area contributed by atoms with Crippen LogP contribution in [0.2, 0.25) is 5.28 Å². The molecule has 1 saturated heterocycles. The zero-order valence-corrected chi connectivity index (χ0v) is 15.0. The lowest BCUT2D eigenvalue weighted by atomic mass is 9.92. The number of ether oxygens (including phenoxy) is 2. The van der Waals surface area contributed by atoms with Gasteiger partial charge < -0.3 is 9.47 Å². The van der Waals surface area contributed by atoms with Crippen LogP contribution >= 0.6 is 11.6 Å². The molecule has 1 aromatic carbocycles. The van der Waals surface area contributed by atoms with E-state index in [1.165, 1.54) is 0 Å². The van der Waals surface area contributed by atoms with Crippen molar-refractivity contribution in [2.45, 2.75) is 25.5 Å². The molecular weight excluding hydrogens is 338 g/mol. The van der Waals surface area contributed by atoms with Gasteiger partial charge in [0.1, 0.15) is 31.0 Å². The fraction of sp³-hybridized carbons (Fsp3) is 0.353. The standard InChI is InChI=1S/C17H18BClN4O2/c1-24-12-6-5-10(8-11(12)18)14-15-16(22-17(19)21-14)23(9-20-15)13-4-2-3-7-25-13/h5-6,8-9,13H,2-4,7,18H2,1H3. The van der Waals surface area contributed by atoms with Gasteiger partial charge >= 0.3 is 0 Å². The third-order valence-corrected chi connectivity index (χ3v) is 4.70. The first-order chi connectivity index (χ1) is 12.2. The molecule has 1 aliphatic rings. The minimum absolute atomic E-state index is 0.0461. The third kappa shape index (κ3) is 2.98. The third-order valence-electron chi connectivity index (χ3n) is 4.53. The molecule has 8 heteroatoms. The molecule has 0 amide bonds. The van der Waals surface area contributed by atoms with Crippen molar-refractivity contribution < 1.29 is 9.47 Å². The molecule has 0 saturated carbocycles. The van der Waals surface area contributed by atoms with Gasteiger partial charge in [-0.2, -0.15) is 4.98 Å². The number of hydrogen-bond acceptors (Lipinski definition) is 5. The Bertz CT molecular complexity index is 924. The van der Waals surface area contributed by atoms with Crippen molar-refractivity contribution >= 4 is 36.1 Å². The van der Waals surface area contributed by atoms with Crippen molar-refractivity contribution in [1.29, 1.82) is 0 Å². The predicted molar refractivity (Wildman–Crippen MR) is 99.3 cm³/mol. The minimum Gasteiger partial charge on any atom is -0.497 e. The fourth-order valence-corrected chi connectivity index (χ4v) is 3.44. The number of hydrogen-bond donors (Lipinski definition) is 0. The van der Waals surface area contributed by atoms with Gasteiger partial charge in [0.25, 0.3) is 0 Å². The summed E-state index contributed by atoms with van der Waals surface area (Å²) in [5.41, 5.74) is 4.11. The van der Waals surface area contributed by atoms with E-state index in [2.05, 4.69) is 15.0 Å². The average molecular weight is 357 g/mol. The summed E-state index contributed by atoms with van der Waals surface area (Å²) in [7, 11) is 3.66. The van der Waals surface area contributed by atoms with Crippen molar-refractivity contribution in [2.24, 2.45) is 0 Å². The van der Waals surface area contributed by atoms with Crippen molar-refractivity contribution in [3.05, 3.63) is 29.8 Å². The molecule has 25 heavy (non-hydrogen) atoms. The molecule has 0 spiro atoms. The Morgan fingerprint density at radius 2 is 2.20 bits per heavy atom. The maximum Gasteiger partial charge on any atom is 0.225 e. The van der Waals surface area contributed by atoms with Crippen LogP contribution in [-0.2, 0) is 4.74 Å². The molecule has 1 aliphatic heterocycles. The van der Waals surface area contributed by atoms with E-state index in [-0.39, 0.29) is 11.5 Å². The zero-order chi connectivity index (χ0) is 17.4. The van der Waals surface area contributed by atoms with Crippen LogP contribution in [0, 0.1) is 0 Å². The highest BCUT2D eigenvalue weighted by Crippen LogP contribution is 2.31. The van der Waals surface area contributed by atoms with E-state index in [1.54, 1.807) is 13.4 Å². The number of fused-ring (bicyclic) bond motifs is 1. The van der Waals surface area contributed by atoms with E-state index >= 15 is 0 Å². The first kappa shape index (κ1) is 16.4. The van der Waals surface area contributed by atoms with Gasteiger partial charge in [-0.1, -0.05) is 6.07 Å². The fourth-order valence-electron chi connectivity index (χ4n) is 3.27. The van der Waals surface area contributed by atoms with Gasteiger partial charge in [-0.25, -0.2) is 9.97 Å². The summed E-state index contributed by atoms with van der Waals surface area (Å²) < 4.78 is 13.2.